The van der Waals surface area contributed by atoms with Gasteiger partial charge in [-0.2, -0.15) is 0 Å². The SMILES string of the molecule is CCCCCCC/C=C\C/C=C\C/C=C\CCCCCCCCCCCCCOCC(COP(=O)([O-])OCC[N+](C)(C)C)OC(=O)CCCCCCCCCCCCCCCCCC. The van der Waals surface area contributed by atoms with Gasteiger partial charge in [-0.15, -0.1) is 0 Å². The summed E-state index contributed by atoms with van der Waals surface area (Å²) in [6, 6.07) is 0. The van der Waals surface area contributed by atoms with Gasteiger partial charge in [-0.05, 0) is 51.4 Å². The van der Waals surface area contributed by atoms with Crippen LogP contribution in [0.1, 0.15) is 251 Å². The molecular weight excluding hydrogens is 818 g/mol. The first-order chi connectivity index (χ1) is 31.1. The Morgan fingerprint density at radius 2 is 0.859 bits per heavy atom. The highest BCUT2D eigenvalue weighted by Gasteiger charge is 2.20. The van der Waals surface area contributed by atoms with Crippen molar-refractivity contribution in [2.24, 2.45) is 0 Å². The number of carbonyl (C=O) groups is 1. The van der Waals surface area contributed by atoms with E-state index >= 15 is 0 Å². The van der Waals surface area contributed by atoms with E-state index < -0.39 is 13.9 Å². The molecule has 2 unspecified atom stereocenters. The van der Waals surface area contributed by atoms with Gasteiger partial charge in [0.25, 0.3) is 7.82 Å². The highest BCUT2D eigenvalue weighted by Crippen LogP contribution is 2.38. The molecule has 0 aliphatic heterocycles. The largest absolute Gasteiger partial charge is 0.756 e. The van der Waals surface area contributed by atoms with Gasteiger partial charge in [0, 0.05) is 13.0 Å². The van der Waals surface area contributed by atoms with E-state index in [-0.39, 0.29) is 25.8 Å². The average molecular weight is 924 g/mol. The lowest BCUT2D eigenvalue weighted by molar-refractivity contribution is -0.870. The summed E-state index contributed by atoms with van der Waals surface area (Å²) < 4.78 is 34.8. The van der Waals surface area contributed by atoms with Gasteiger partial charge in [0.05, 0.1) is 34.4 Å². The number of nitrogens with zero attached hydrogens (tertiary/aromatic N) is 1. The molecule has 378 valence electrons. The Labute approximate surface area is 397 Å². The minimum Gasteiger partial charge on any atom is -0.756 e. The molecule has 0 spiro atoms. The lowest BCUT2D eigenvalue weighted by Crippen LogP contribution is -2.37. The van der Waals surface area contributed by atoms with Crippen LogP contribution in [0.4, 0.5) is 0 Å². The van der Waals surface area contributed by atoms with Crippen molar-refractivity contribution in [3.8, 4) is 0 Å². The van der Waals surface area contributed by atoms with Crippen molar-refractivity contribution >= 4 is 13.8 Å². The van der Waals surface area contributed by atoms with Crippen molar-refractivity contribution in [2.75, 3.05) is 54.1 Å². The van der Waals surface area contributed by atoms with Crippen LogP contribution in [0.5, 0.6) is 0 Å². The molecule has 0 radical (unpaired) electrons. The molecule has 0 aromatic heterocycles. The second-order valence-corrected chi connectivity index (χ2v) is 21.0. The summed E-state index contributed by atoms with van der Waals surface area (Å²) in [5, 5.41) is 0. The number of phosphoric acid groups is 1. The third kappa shape index (κ3) is 51.7. The van der Waals surface area contributed by atoms with E-state index in [0.717, 1.165) is 44.9 Å². The van der Waals surface area contributed by atoms with Crippen LogP contribution in [0.15, 0.2) is 36.5 Å². The lowest BCUT2D eigenvalue weighted by Gasteiger charge is -2.28. The Hall–Kier alpha value is -1.28. The summed E-state index contributed by atoms with van der Waals surface area (Å²) in [6.45, 7) is 5.44. The molecule has 0 aromatic carbocycles. The summed E-state index contributed by atoms with van der Waals surface area (Å²) in [6.07, 6.45) is 58.9. The van der Waals surface area contributed by atoms with Gasteiger partial charge >= 0.3 is 5.97 Å². The maximum absolute atomic E-state index is 12.7. The fourth-order valence-corrected chi connectivity index (χ4v) is 8.46. The molecule has 0 aliphatic carbocycles. The second kappa shape index (κ2) is 48.2. The van der Waals surface area contributed by atoms with E-state index in [9.17, 15) is 14.3 Å². The number of phosphoric ester groups is 1. The molecule has 0 N–H and O–H groups in total. The van der Waals surface area contributed by atoms with E-state index in [2.05, 4.69) is 50.3 Å². The number of likely N-dealkylation sites (N-methyl/N-ethyl adjacent to an activating group) is 1. The quantitative estimate of drug-likeness (QED) is 0.0197. The van der Waals surface area contributed by atoms with Gasteiger partial charge in [0.1, 0.15) is 19.3 Å². The fourth-order valence-electron chi connectivity index (χ4n) is 7.73. The van der Waals surface area contributed by atoms with Crippen molar-refractivity contribution < 1.29 is 37.3 Å². The highest BCUT2D eigenvalue weighted by atomic mass is 31.2. The minimum absolute atomic E-state index is 0.0271. The van der Waals surface area contributed by atoms with Gasteiger partial charge in [-0.3, -0.25) is 9.36 Å². The third-order valence-corrected chi connectivity index (χ3v) is 12.9. The van der Waals surface area contributed by atoms with Crippen LogP contribution in [0.25, 0.3) is 0 Å². The van der Waals surface area contributed by atoms with Crippen LogP contribution < -0.4 is 4.89 Å². The van der Waals surface area contributed by atoms with Gasteiger partial charge in [0.15, 0.2) is 0 Å². The van der Waals surface area contributed by atoms with Crippen molar-refractivity contribution in [2.45, 2.75) is 258 Å². The Bertz CT molecular complexity index is 1120. The van der Waals surface area contributed by atoms with Crippen molar-refractivity contribution in [1.82, 2.24) is 0 Å². The number of carbonyl (C=O) groups excluding carboxylic acids is 1. The molecule has 2 atom stereocenters. The predicted octanol–water partition coefficient (Wildman–Crippen LogP) is 16.3. The predicted molar refractivity (Wildman–Crippen MR) is 273 cm³/mol. The Morgan fingerprint density at radius 3 is 1.28 bits per heavy atom. The highest BCUT2D eigenvalue weighted by molar-refractivity contribution is 7.45. The molecule has 64 heavy (non-hydrogen) atoms. The van der Waals surface area contributed by atoms with E-state index in [0.29, 0.717) is 24.1 Å². The normalized spacial score (nSPS) is 13.8. The Kier molecular flexibility index (Phi) is 47.2. The van der Waals surface area contributed by atoms with Gasteiger partial charge in [-0.25, -0.2) is 0 Å². The molecule has 0 aromatic rings. The molecule has 0 amide bonds. The summed E-state index contributed by atoms with van der Waals surface area (Å²) in [4.78, 5) is 25.2. The van der Waals surface area contributed by atoms with Crippen LogP contribution >= 0.6 is 7.82 Å². The topological polar surface area (TPSA) is 94.1 Å². The number of rotatable bonds is 51. The van der Waals surface area contributed by atoms with Crippen LogP contribution in [-0.2, 0) is 27.9 Å². The summed E-state index contributed by atoms with van der Waals surface area (Å²) in [5.74, 6) is -0.331. The summed E-state index contributed by atoms with van der Waals surface area (Å²) in [7, 11) is 1.36. The fraction of sp³-hybridized carbons (Fsp3) is 0.873. The number of hydrogen-bond acceptors (Lipinski definition) is 7. The Balaban J connectivity index is 4.06. The zero-order valence-electron chi connectivity index (χ0n) is 43.0. The van der Waals surface area contributed by atoms with Crippen LogP contribution in [0.2, 0.25) is 0 Å². The number of allylic oxidation sites excluding steroid dienone is 6. The lowest BCUT2D eigenvalue weighted by atomic mass is 10.0. The first-order valence-corrected chi connectivity index (χ1v) is 28.7. The molecule has 0 heterocycles. The third-order valence-electron chi connectivity index (χ3n) is 11.9. The summed E-state index contributed by atoms with van der Waals surface area (Å²) >= 11 is 0. The minimum atomic E-state index is -4.53. The van der Waals surface area contributed by atoms with Crippen LogP contribution in [0.3, 0.4) is 0 Å². The molecule has 0 fully saturated rings. The monoisotopic (exact) mass is 924 g/mol. The molecule has 9 heteroatoms. The maximum Gasteiger partial charge on any atom is 0.306 e. The van der Waals surface area contributed by atoms with Crippen LogP contribution in [-0.4, -0.2) is 70.7 Å². The van der Waals surface area contributed by atoms with E-state index in [1.807, 2.05) is 21.1 Å². The average Bonchev–Trinajstić information content (AvgIpc) is 3.25. The molecule has 0 rings (SSSR count). The van der Waals surface area contributed by atoms with E-state index in [1.165, 1.54) is 186 Å². The standard InChI is InChI=1S/C55H106NO7P/c1-6-8-10-12-14-16-18-20-22-24-25-26-27-28-29-30-31-32-33-35-37-39-41-43-45-47-50-60-52-54(53-62-64(58,59)61-51-49-56(3,4)5)63-55(57)48-46-44-42-40-38-36-34-23-21-19-17-15-13-11-9-7-2/h18,20,24-25,27-28,54H,6-17,19,21-23,26,29-53H2,1-5H3/b20-18-,25-24-,28-27-. The molecule has 0 saturated heterocycles. The second-order valence-electron chi connectivity index (χ2n) is 19.6. The molecule has 0 bridgehead atoms. The zero-order chi connectivity index (χ0) is 46.9. The Morgan fingerprint density at radius 1 is 0.484 bits per heavy atom. The van der Waals surface area contributed by atoms with E-state index in [4.69, 9.17) is 18.5 Å². The van der Waals surface area contributed by atoms with E-state index in [1.54, 1.807) is 0 Å². The number of unbranched alkanes of at least 4 members (excludes halogenated alkanes) is 31. The first-order valence-electron chi connectivity index (χ1n) is 27.2. The molecule has 0 aliphatic rings. The zero-order valence-corrected chi connectivity index (χ0v) is 43.9. The first kappa shape index (κ1) is 62.7. The molecule has 8 nitrogen and oxygen atoms in total. The summed E-state index contributed by atoms with van der Waals surface area (Å²) in [5.41, 5.74) is 0. The van der Waals surface area contributed by atoms with Gasteiger partial charge in [-0.1, -0.05) is 230 Å². The number of quaternary nitrogens is 1. The van der Waals surface area contributed by atoms with Gasteiger partial charge in [0.2, 0.25) is 0 Å². The number of esters is 1. The smallest absolute Gasteiger partial charge is 0.306 e. The van der Waals surface area contributed by atoms with Crippen molar-refractivity contribution in [3.63, 3.8) is 0 Å². The van der Waals surface area contributed by atoms with Crippen molar-refractivity contribution in [1.29, 1.82) is 0 Å². The molecular formula is C55H106NO7P. The maximum atomic E-state index is 12.7. The van der Waals surface area contributed by atoms with Gasteiger partial charge < -0.3 is 27.9 Å². The molecule has 0 saturated carbocycles. The number of ether oxygens (including phenoxy) is 2. The van der Waals surface area contributed by atoms with Crippen LogP contribution in [0, 0.1) is 0 Å². The number of hydrogen-bond donors (Lipinski definition) is 0. The van der Waals surface area contributed by atoms with Crippen molar-refractivity contribution in [3.05, 3.63) is 36.5 Å².